The lowest BCUT2D eigenvalue weighted by Crippen LogP contribution is -2.49. The second-order valence-corrected chi connectivity index (χ2v) is 16.8. The molecule has 20 heteroatoms. The largest absolute Gasteiger partial charge is 0.477 e. The molecule has 3 aliphatic rings. The van der Waals surface area contributed by atoms with Crippen LogP contribution in [0.1, 0.15) is 75.7 Å². The van der Waals surface area contributed by atoms with Crippen LogP contribution >= 0.6 is 0 Å². The topological polar surface area (TPSA) is 265 Å². The third-order valence-electron chi connectivity index (χ3n) is 11.4. The maximum Gasteiger partial charge on any atom is 0.258 e. The molecule has 4 heterocycles. The highest BCUT2D eigenvalue weighted by atomic mass is 16.5. The number of para-hydroxylation sites is 1. The molecule has 9 N–H and O–H groups in total. The number of carbonyl (C=O) groups is 4. The van der Waals surface area contributed by atoms with Crippen molar-refractivity contribution in [2.75, 3.05) is 86.1 Å². The molecule has 1 saturated carbocycles. The van der Waals surface area contributed by atoms with E-state index in [0.717, 1.165) is 50.0 Å². The van der Waals surface area contributed by atoms with Gasteiger partial charge >= 0.3 is 0 Å². The smallest absolute Gasteiger partial charge is 0.258 e. The number of aliphatic hydroxyl groups is 1. The maximum atomic E-state index is 12.8. The van der Waals surface area contributed by atoms with Crippen LogP contribution in [0.25, 0.3) is 5.57 Å². The van der Waals surface area contributed by atoms with Gasteiger partial charge in [0.1, 0.15) is 17.5 Å². The van der Waals surface area contributed by atoms with Crippen molar-refractivity contribution in [2.24, 2.45) is 11.5 Å². The van der Waals surface area contributed by atoms with Crippen LogP contribution < -0.4 is 42.5 Å². The summed E-state index contributed by atoms with van der Waals surface area (Å²) in [5, 5.41) is 22.7. The Bertz CT molecular complexity index is 2290. The number of hydrogen-bond acceptors (Lipinski definition) is 17. The highest BCUT2D eigenvalue weighted by molar-refractivity contribution is 6.05. The Morgan fingerprint density at radius 1 is 0.910 bits per heavy atom. The summed E-state index contributed by atoms with van der Waals surface area (Å²) in [6.45, 7) is 11.5. The summed E-state index contributed by atoms with van der Waals surface area (Å²) in [5.41, 5.74) is 15.0. The van der Waals surface area contributed by atoms with Crippen LogP contribution in [0.5, 0.6) is 0 Å². The summed E-state index contributed by atoms with van der Waals surface area (Å²) in [6.07, 6.45) is 9.24. The molecular weight excluding hydrogens is 861 g/mol. The van der Waals surface area contributed by atoms with Gasteiger partial charge in [0.05, 0.1) is 68.6 Å². The van der Waals surface area contributed by atoms with Crippen molar-refractivity contribution in [1.82, 2.24) is 30.5 Å². The van der Waals surface area contributed by atoms with Crippen LogP contribution in [-0.4, -0.2) is 133 Å². The Balaban J connectivity index is 0.832. The van der Waals surface area contributed by atoms with Crippen molar-refractivity contribution in [3.8, 4) is 0 Å². The number of amides is 3. The van der Waals surface area contributed by atoms with E-state index in [0.29, 0.717) is 67.3 Å². The van der Waals surface area contributed by atoms with Gasteiger partial charge in [0.15, 0.2) is 17.9 Å². The van der Waals surface area contributed by atoms with Gasteiger partial charge in [-0.3, -0.25) is 24.1 Å². The molecule has 0 spiro atoms. The lowest BCUT2D eigenvalue weighted by atomic mass is 9.93. The molecule has 2 aliphatic heterocycles. The normalized spacial score (nSPS) is 17.1. The number of anilines is 5. The minimum Gasteiger partial charge on any atom is -0.477 e. The number of pyridine rings is 1. The second kappa shape index (κ2) is 24.2. The summed E-state index contributed by atoms with van der Waals surface area (Å²) in [4.78, 5) is 70.8. The Hall–Kier alpha value is -6.61. The number of Topliss-reactive ketones (excluding diaryl/α,β-unsaturated/α-hetero) is 1. The fraction of sp³-hybridized carbons (Fsp3) is 0.468. The van der Waals surface area contributed by atoms with Gasteiger partial charge in [0, 0.05) is 62.2 Å². The fourth-order valence-electron chi connectivity index (χ4n) is 8.15. The monoisotopic (exact) mass is 924 g/mol. The molecule has 6 rings (SSSR count). The number of ketones is 1. The SMILES string of the molecule is CC(=O)C1=C(C)c2cnc(Nc3ccc(N4CCN(CC(=O)NCCOCCOCCC(=O)Nc5ccccc5C(=O)N/C(N)=C/C=C(\N)OC(C)C)CC4)cn3)nc2N(C2CCCC2)C1O. The molecule has 1 unspecified atom stereocenters. The van der Waals surface area contributed by atoms with Crippen LogP contribution in [0, 0.1) is 0 Å². The predicted molar refractivity (Wildman–Crippen MR) is 255 cm³/mol. The summed E-state index contributed by atoms with van der Waals surface area (Å²) in [7, 11) is 0. The van der Waals surface area contributed by atoms with Gasteiger partial charge in [-0.2, -0.15) is 4.98 Å². The first-order valence-corrected chi connectivity index (χ1v) is 22.7. The number of benzene rings is 1. The molecule has 3 amide bonds. The Morgan fingerprint density at radius 3 is 2.34 bits per heavy atom. The molecule has 20 nitrogen and oxygen atoms in total. The van der Waals surface area contributed by atoms with Gasteiger partial charge in [-0.25, -0.2) is 9.97 Å². The van der Waals surface area contributed by atoms with E-state index in [-0.39, 0.29) is 73.2 Å². The molecule has 360 valence electrons. The molecule has 1 aromatic carbocycles. The van der Waals surface area contributed by atoms with Crippen molar-refractivity contribution in [2.45, 2.75) is 78.2 Å². The zero-order valence-corrected chi connectivity index (χ0v) is 38.8. The van der Waals surface area contributed by atoms with E-state index in [4.69, 9.17) is 30.7 Å². The fourth-order valence-corrected chi connectivity index (χ4v) is 8.15. The van der Waals surface area contributed by atoms with Crippen LogP contribution in [0.15, 0.2) is 78.2 Å². The number of allylic oxidation sites excluding steroid dienone is 3. The number of aliphatic hydroxyl groups excluding tert-OH is 1. The summed E-state index contributed by atoms with van der Waals surface area (Å²) in [6, 6.07) is 10.5. The van der Waals surface area contributed by atoms with Gasteiger partial charge in [-0.15, -0.1) is 0 Å². The molecule has 67 heavy (non-hydrogen) atoms. The standard InChI is InChI=1S/C47H64N12O8/c1-30(2)67-39(49)15-14-38(48)54-45(63)35-11-7-8-12-37(35)53-41(61)17-23-65-25-26-66-24-18-50-42(62)29-57-19-21-58(22-20-57)34-13-16-40(51-27-34)55-47-52-28-36-31(3)43(32(4)60)46(64)59(44(36)56-47)33-9-5-6-10-33/h7-8,11-16,27-28,30,33,46,64H,5-6,9-10,17-26,29,48-49H2,1-4H3,(H,50,62)(H,53,61)(H,54,63)(H,51,52,55,56)/b38-14+,39-15+. The number of piperazine rings is 1. The van der Waals surface area contributed by atoms with E-state index in [1.54, 1.807) is 36.7 Å². The van der Waals surface area contributed by atoms with Gasteiger partial charge < -0.3 is 61.9 Å². The molecule has 0 radical (unpaired) electrons. The highest BCUT2D eigenvalue weighted by Gasteiger charge is 2.39. The van der Waals surface area contributed by atoms with E-state index in [2.05, 4.69) is 41.0 Å². The zero-order chi connectivity index (χ0) is 47.9. The van der Waals surface area contributed by atoms with Crippen LogP contribution in [0.4, 0.5) is 29.0 Å². The van der Waals surface area contributed by atoms with Gasteiger partial charge in [0.25, 0.3) is 5.91 Å². The number of rotatable bonds is 22. The van der Waals surface area contributed by atoms with E-state index in [1.165, 1.54) is 19.1 Å². The van der Waals surface area contributed by atoms with Crippen molar-refractivity contribution >= 4 is 58.0 Å². The van der Waals surface area contributed by atoms with Crippen LogP contribution in [-0.2, 0) is 28.6 Å². The summed E-state index contributed by atoms with van der Waals surface area (Å²) < 4.78 is 16.5. The lowest BCUT2D eigenvalue weighted by Gasteiger charge is -2.40. The minimum atomic E-state index is -1.05. The molecule has 1 aliphatic carbocycles. The van der Waals surface area contributed by atoms with Crippen molar-refractivity contribution < 1.29 is 38.5 Å². The van der Waals surface area contributed by atoms with Gasteiger partial charge in [-0.1, -0.05) is 25.0 Å². The van der Waals surface area contributed by atoms with Crippen molar-refractivity contribution in [1.29, 1.82) is 0 Å². The average Bonchev–Trinajstić information content (AvgIpc) is 3.83. The Labute approximate surface area is 391 Å². The summed E-state index contributed by atoms with van der Waals surface area (Å²) >= 11 is 0. The molecule has 3 aromatic rings. The molecular formula is C47H64N12O8. The molecule has 1 atom stereocenters. The quantitative estimate of drug-likeness (QED) is 0.0434. The van der Waals surface area contributed by atoms with Gasteiger partial charge in [-0.05, 0) is 76.5 Å². The first-order chi connectivity index (χ1) is 32.3. The summed E-state index contributed by atoms with van der Waals surface area (Å²) in [5.74, 6) is 0.663. The number of carbonyl (C=O) groups excluding carboxylic acids is 4. The van der Waals surface area contributed by atoms with E-state index < -0.39 is 12.1 Å². The third-order valence-corrected chi connectivity index (χ3v) is 11.4. The Morgan fingerprint density at radius 2 is 1.64 bits per heavy atom. The van der Waals surface area contributed by atoms with Crippen LogP contribution in [0.3, 0.4) is 0 Å². The van der Waals surface area contributed by atoms with Gasteiger partial charge in [0.2, 0.25) is 17.8 Å². The number of nitrogens with two attached hydrogens (primary N) is 2. The second-order valence-electron chi connectivity index (χ2n) is 16.8. The lowest BCUT2D eigenvalue weighted by molar-refractivity contribution is -0.122. The molecule has 2 fully saturated rings. The molecule has 0 bridgehead atoms. The maximum absolute atomic E-state index is 12.8. The van der Waals surface area contributed by atoms with E-state index >= 15 is 0 Å². The van der Waals surface area contributed by atoms with E-state index in [1.807, 2.05) is 37.8 Å². The number of fused-ring (bicyclic) bond motifs is 1. The van der Waals surface area contributed by atoms with E-state index in [9.17, 15) is 24.3 Å². The Kier molecular flexibility index (Phi) is 18.0. The van der Waals surface area contributed by atoms with Crippen molar-refractivity contribution in [3.63, 3.8) is 0 Å². The highest BCUT2D eigenvalue weighted by Crippen LogP contribution is 2.41. The predicted octanol–water partition coefficient (Wildman–Crippen LogP) is 3.11. The number of nitrogens with zero attached hydrogens (tertiary/aromatic N) is 6. The third kappa shape index (κ3) is 14.2. The molecule has 1 saturated heterocycles. The zero-order valence-electron chi connectivity index (χ0n) is 38.8. The number of aromatic nitrogens is 3. The number of nitrogens with one attached hydrogen (secondary N) is 4. The molecule has 2 aromatic heterocycles. The average molecular weight is 925 g/mol. The first kappa shape index (κ1) is 49.8. The van der Waals surface area contributed by atoms with Crippen molar-refractivity contribution in [3.05, 3.63) is 89.3 Å². The number of ether oxygens (including phenoxy) is 3. The number of hydrogen-bond donors (Lipinski definition) is 7. The van der Waals surface area contributed by atoms with Crippen LogP contribution in [0.2, 0.25) is 0 Å². The minimum absolute atomic E-state index is 0.0490. The first-order valence-electron chi connectivity index (χ1n) is 22.7.